The van der Waals surface area contributed by atoms with Crippen LogP contribution in [0.25, 0.3) is 16.6 Å². The number of carbonyl (C=O) groups is 1. The number of nitrogens with zero attached hydrogens (tertiary/aromatic N) is 3. The summed E-state index contributed by atoms with van der Waals surface area (Å²) in [7, 11) is 1.29. The molecule has 0 unspecified atom stereocenters. The zero-order valence-electron chi connectivity index (χ0n) is 18.1. The monoisotopic (exact) mass is 461 g/mol. The van der Waals surface area contributed by atoms with Gasteiger partial charge in [-0.25, -0.2) is 18.0 Å². The highest BCUT2D eigenvalue weighted by atomic mass is 19.1. The van der Waals surface area contributed by atoms with Crippen molar-refractivity contribution in [3.63, 3.8) is 0 Å². The lowest BCUT2D eigenvalue weighted by molar-refractivity contribution is 0.0695. The molecule has 0 radical (unpaired) electrons. The molecule has 174 valence electrons. The van der Waals surface area contributed by atoms with Gasteiger partial charge in [0.05, 0.1) is 18.2 Å². The number of fused-ring (bicyclic) bond motifs is 1. The first-order chi connectivity index (χ1) is 15.8. The number of pyridine rings is 1. The van der Waals surface area contributed by atoms with Gasteiger partial charge in [-0.2, -0.15) is 0 Å². The first-order valence-electron chi connectivity index (χ1n) is 10.4. The minimum Gasteiger partial charge on any atom is -0.492 e. The van der Waals surface area contributed by atoms with Crippen LogP contribution in [0.3, 0.4) is 0 Å². The smallest absolute Gasteiger partial charge is 0.341 e. The average molecular weight is 461 g/mol. The van der Waals surface area contributed by atoms with Crippen LogP contribution in [-0.2, 0) is 0 Å². The van der Waals surface area contributed by atoms with Gasteiger partial charge >= 0.3 is 5.97 Å². The largest absolute Gasteiger partial charge is 0.492 e. The number of ether oxygens (including phenoxy) is 1. The van der Waals surface area contributed by atoms with Crippen molar-refractivity contribution in [2.75, 3.05) is 44.7 Å². The lowest BCUT2D eigenvalue weighted by atomic mass is 10.1. The zero-order chi connectivity index (χ0) is 23.9. The fourth-order valence-corrected chi connectivity index (χ4v) is 4.21. The SMILES string of the molecule is CCN1CCN(c2c(F)cc3c(=O)c(C(=O)O)cn(-c4ccc(F)cc4F)c3c2OC)CC1. The van der Waals surface area contributed by atoms with Gasteiger partial charge in [-0.15, -0.1) is 0 Å². The summed E-state index contributed by atoms with van der Waals surface area (Å²) in [6.45, 7) is 5.25. The Morgan fingerprint density at radius 3 is 2.36 bits per heavy atom. The van der Waals surface area contributed by atoms with E-state index in [1.54, 1.807) is 4.90 Å². The van der Waals surface area contributed by atoms with Crippen LogP contribution >= 0.6 is 0 Å². The molecule has 10 heteroatoms. The van der Waals surface area contributed by atoms with Gasteiger partial charge in [0.2, 0.25) is 5.43 Å². The second-order valence-corrected chi connectivity index (χ2v) is 7.70. The van der Waals surface area contributed by atoms with Crippen LogP contribution < -0.4 is 15.1 Å². The Labute approximate surface area is 187 Å². The summed E-state index contributed by atoms with van der Waals surface area (Å²) < 4.78 is 50.2. The van der Waals surface area contributed by atoms with E-state index in [4.69, 9.17) is 4.74 Å². The van der Waals surface area contributed by atoms with Crippen molar-refractivity contribution in [2.45, 2.75) is 6.92 Å². The topological polar surface area (TPSA) is 75.0 Å². The Balaban J connectivity index is 2.06. The number of carboxylic acid groups (broad SMARTS) is 1. The van der Waals surface area contributed by atoms with Gasteiger partial charge in [0.25, 0.3) is 0 Å². The van der Waals surface area contributed by atoms with Crippen molar-refractivity contribution in [1.29, 1.82) is 0 Å². The fourth-order valence-electron chi connectivity index (χ4n) is 4.21. The zero-order valence-corrected chi connectivity index (χ0v) is 18.1. The molecular weight excluding hydrogens is 439 g/mol. The normalized spacial score (nSPS) is 14.6. The lowest BCUT2D eigenvalue weighted by Gasteiger charge is -2.36. The Bertz CT molecular complexity index is 1300. The minimum absolute atomic E-state index is 0.00710. The number of rotatable bonds is 5. The van der Waals surface area contributed by atoms with E-state index < -0.39 is 34.4 Å². The maximum absolute atomic E-state index is 15.4. The van der Waals surface area contributed by atoms with Crippen LogP contribution in [0.1, 0.15) is 17.3 Å². The number of likely N-dealkylation sites (N-methyl/N-ethyl adjacent to an activating group) is 1. The number of piperazine rings is 1. The average Bonchev–Trinajstić information content (AvgIpc) is 2.79. The molecule has 0 amide bonds. The van der Waals surface area contributed by atoms with Crippen molar-refractivity contribution in [2.24, 2.45) is 0 Å². The van der Waals surface area contributed by atoms with Crippen molar-refractivity contribution in [3.8, 4) is 11.4 Å². The van der Waals surface area contributed by atoms with E-state index in [2.05, 4.69) is 4.90 Å². The van der Waals surface area contributed by atoms with Crippen LogP contribution in [-0.4, -0.2) is 60.4 Å². The molecule has 1 N–H and O–H groups in total. The molecule has 0 bridgehead atoms. The highest BCUT2D eigenvalue weighted by Gasteiger charge is 2.28. The van der Waals surface area contributed by atoms with Gasteiger partial charge in [0.1, 0.15) is 28.4 Å². The molecule has 1 saturated heterocycles. The molecule has 33 heavy (non-hydrogen) atoms. The van der Waals surface area contributed by atoms with Crippen LogP contribution in [0.4, 0.5) is 18.9 Å². The number of aromatic nitrogens is 1. The molecule has 7 nitrogen and oxygen atoms in total. The molecule has 1 aliphatic heterocycles. The molecule has 0 saturated carbocycles. The quantitative estimate of drug-likeness (QED) is 0.629. The number of carboxylic acids is 1. The summed E-state index contributed by atoms with van der Waals surface area (Å²) >= 11 is 0. The third kappa shape index (κ3) is 3.91. The third-order valence-electron chi connectivity index (χ3n) is 5.91. The molecule has 1 fully saturated rings. The highest BCUT2D eigenvalue weighted by molar-refractivity contribution is 5.97. The fraction of sp³-hybridized carbons (Fsp3) is 0.304. The van der Waals surface area contributed by atoms with Crippen molar-refractivity contribution in [1.82, 2.24) is 9.47 Å². The van der Waals surface area contributed by atoms with E-state index in [-0.39, 0.29) is 28.0 Å². The van der Waals surface area contributed by atoms with Gasteiger partial charge in [0, 0.05) is 38.4 Å². The molecule has 2 aromatic carbocycles. The Morgan fingerprint density at radius 2 is 1.79 bits per heavy atom. The molecule has 0 aliphatic carbocycles. The van der Waals surface area contributed by atoms with E-state index in [9.17, 15) is 23.5 Å². The van der Waals surface area contributed by atoms with E-state index in [0.717, 1.165) is 35.5 Å². The Hall–Kier alpha value is -3.53. The number of anilines is 1. The van der Waals surface area contributed by atoms with E-state index >= 15 is 4.39 Å². The third-order valence-corrected chi connectivity index (χ3v) is 5.91. The summed E-state index contributed by atoms with van der Waals surface area (Å²) in [5, 5.41) is 9.22. The number of benzene rings is 2. The van der Waals surface area contributed by atoms with Crippen molar-refractivity contribution >= 4 is 22.6 Å². The van der Waals surface area contributed by atoms with Crippen LogP contribution in [0, 0.1) is 17.5 Å². The van der Waals surface area contributed by atoms with Crippen molar-refractivity contribution in [3.05, 3.63) is 63.7 Å². The predicted octanol–water partition coefficient (Wildman–Crippen LogP) is 3.26. The van der Waals surface area contributed by atoms with Gasteiger partial charge < -0.3 is 24.2 Å². The molecule has 1 aliphatic rings. The first kappa shape index (κ1) is 22.7. The Morgan fingerprint density at radius 1 is 1.09 bits per heavy atom. The van der Waals surface area contributed by atoms with Gasteiger partial charge in [0.15, 0.2) is 11.6 Å². The van der Waals surface area contributed by atoms with Gasteiger partial charge in [-0.3, -0.25) is 4.79 Å². The van der Waals surface area contributed by atoms with Gasteiger partial charge in [-0.05, 0) is 24.7 Å². The van der Waals surface area contributed by atoms with E-state index in [0.29, 0.717) is 32.2 Å². The maximum Gasteiger partial charge on any atom is 0.341 e. The molecular formula is C23H22F3N3O4. The molecule has 1 aromatic heterocycles. The summed E-state index contributed by atoms with van der Waals surface area (Å²) in [5.74, 6) is -4.16. The summed E-state index contributed by atoms with van der Waals surface area (Å²) in [6, 6.07) is 3.71. The summed E-state index contributed by atoms with van der Waals surface area (Å²) in [4.78, 5) is 28.6. The standard InChI is InChI=1S/C23H22F3N3O4/c1-3-27-6-8-28(9-7-27)20-17(26)11-14-19(22(20)33-2)29(12-15(21(14)30)23(31)32)18-5-4-13(24)10-16(18)25/h4-5,10-12H,3,6-9H2,1-2H3,(H,31,32). The highest BCUT2D eigenvalue weighted by Crippen LogP contribution is 2.39. The van der Waals surface area contributed by atoms with Crippen molar-refractivity contribution < 1.29 is 27.8 Å². The van der Waals surface area contributed by atoms with Crippen LogP contribution in [0.15, 0.2) is 35.3 Å². The molecule has 3 aromatic rings. The summed E-state index contributed by atoms with van der Waals surface area (Å²) in [5.41, 5.74) is -1.74. The second-order valence-electron chi connectivity index (χ2n) is 7.70. The van der Waals surface area contributed by atoms with Crippen LogP contribution in [0.5, 0.6) is 5.75 Å². The number of halogens is 3. The number of hydrogen-bond acceptors (Lipinski definition) is 5. The molecule has 0 spiro atoms. The lowest BCUT2D eigenvalue weighted by Crippen LogP contribution is -2.46. The van der Waals surface area contributed by atoms with E-state index in [1.807, 2.05) is 6.92 Å². The van der Waals surface area contributed by atoms with Gasteiger partial charge in [-0.1, -0.05) is 6.92 Å². The van der Waals surface area contributed by atoms with E-state index in [1.165, 1.54) is 7.11 Å². The number of hydrogen-bond donors (Lipinski definition) is 1. The molecule has 2 heterocycles. The molecule has 0 atom stereocenters. The number of aromatic carboxylic acids is 1. The second kappa shape index (κ2) is 8.78. The van der Waals surface area contributed by atoms with Crippen LogP contribution in [0.2, 0.25) is 0 Å². The number of methoxy groups -OCH3 is 1. The first-order valence-corrected chi connectivity index (χ1v) is 10.4. The maximum atomic E-state index is 15.4. The predicted molar refractivity (Wildman–Crippen MR) is 117 cm³/mol. The Kier molecular flexibility index (Phi) is 6.03. The molecule has 4 rings (SSSR count). The summed E-state index contributed by atoms with van der Waals surface area (Å²) in [6.07, 6.45) is 0.947. The minimum atomic E-state index is -1.56.